The Kier molecular flexibility index (Phi) is 5.44. The lowest BCUT2D eigenvalue weighted by Crippen LogP contribution is -2.21. The van der Waals surface area contributed by atoms with E-state index in [1.54, 1.807) is 6.07 Å². The molecule has 0 aliphatic heterocycles. The number of benzene rings is 1. The molecule has 0 saturated carbocycles. The Morgan fingerprint density at radius 1 is 1.22 bits per heavy atom. The Morgan fingerprint density at radius 2 is 1.89 bits per heavy atom. The van der Waals surface area contributed by atoms with Crippen LogP contribution in [0.1, 0.15) is 5.56 Å². The highest BCUT2D eigenvalue weighted by molar-refractivity contribution is 6.42. The molecule has 1 aromatic rings. The third-order valence-corrected chi connectivity index (χ3v) is 2.65. The molecule has 0 aromatic heterocycles. The van der Waals surface area contributed by atoms with Gasteiger partial charge in [0, 0.05) is 6.42 Å². The van der Waals surface area contributed by atoms with Crippen LogP contribution in [0.5, 0.6) is 0 Å². The molecule has 0 bridgehead atoms. The molecule has 100 valence electrons. The van der Waals surface area contributed by atoms with Gasteiger partial charge in [-0.1, -0.05) is 29.3 Å². The summed E-state index contributed by atoms with van der Waals surface area (Å²) in [5, 5.41) is 0.638. The first-order valence-corrected chi connectivity index (χ1v) is 5.63. The molecule has 1 rings (SSSR count). The Labute approximate surface area is 112 Å². The van der Waals surface area contributed by atoms with Crippen molar-refractivity contribution in [3.05, 3.63) is 33.8 Å². The highest BCUT2D eigenvalue weighted by Gasteiger charge is 2.27. The Balaban J connectivity index is 2.42. The average Bonchev–Trinajstić information content (AvgIpc) is 2.21. The maximum Gasteiger partial charge on any atom is 0.411 e. The molecule has 0 atom stereocenters. The molecule has 18 heavy (non-hydrogen) atoms. The van der Waals surface area contributed by atoms with E-state index in [2.05, 4.69) is 4.74 Å². The van der Waals surface area contributed by atoms with Crippen LogP contribution in [-0.4, -0.2) is 25.2 Å². The molecule has 7 heteroatoms. The fourth-order valence-electron chi connectivity index (χ4n) is 1.21. The Hall–Kier alpha value is -0.780. The third kappa shape index (κ3) is 5.71. The van der Waals surface area contributed by atoms with E-state index in [4.69, 9.17) is 23.2 Å². The van der Waals surface area contributed by atoms with Crippen molar-refractivity contribution in [2.24, 2.45) is 0 Å². The lowest BCUT2D eigenvalue weighted by Gasteiger charge is -2.07. The van der Waals surface area contributed by atoms with Crippen LogP contribution in [0.4, 0.5) is 13.2 Å². The van der Waals surface area contributed by atoms with Crippen molar-refractivity contribution >= 4 is 29.0 Å². The monoisotopic (exact) mass is 300 g/mol. The SMILES string of the molecule is O=C(COCC(F)(F)F)Cc1ccc(Cl)c(Cl)c1. The molecule has 0 unspecified atom stereocenters. The first-order chi connectivity index (χ1) is 8.28. The minimum Gasteiger partial charge on any atom is -0.364 e. The minimum atomic E-state index is -4.43. The van der Waals surface area contributed by atoms with E-state index in [1.165, 1.54) is 12.1 Å². The van der Waals surface area contributed by atoms with E-state index in [-0.39, 0.29) is 11.4 Å². The van der Waals surface area contributed by atoms with Gasteiger partial charge in [0.25, 0.3) is 0 Å². The van der Waals surface area contributed by atoms with Gasteiger partial charge in [0.1, 0.15) is 13.2 Å². The molecule has 2 nitrogen and oxygen atoms in total. The number of ether oxygens (including phenoxy) is 1. The number of ketones is 1. The largest absolute Gasteiger partial charge is 0.411 e. The molecular weight excluding hydrogens is 292 g/mol. The minimum absolute atomic E-state index is 0.0469. The summed E-state index contributed by atoms with van der Waals surface area (Å²) in [5.74, 6) is -0.461. The topological polar surface area (TPSA) is 26.3 Å². The number of rotatable bonds is 5. The molecule has 0 radical (unpaired) electrons. The van der Waals surface area contributed by atoms with Gasteiger partial charge in [-0.05, 0) is 17.7 Å². The second-order valence-electron chi connectivity index (χ2n) is 3.57. The summed E-state index contributed by atoms with van der Waals surface area (Å²) in [7, 11) is 0. The molecule has 0 aliphatic rings. The maximum atomic E-state index is 11.8. The summed E-state index contributed by atoms with van der Waals surface area (Å²) in [6, 6.07) is 4.59. The van der Waals surface area contributed by atoms with Crippen LogP contribution in [0.15, 0.2) is 18.2 Å². The van der Waals surface area contributed by atoms with Crippen molar-refractivity contribution in [2.45, 2.75) is 12.6 Å². The van der Waals surface area contributed by atoms with Gasteiger partial charge in [-0.3, -0.25) is 4.79 Å². The average molecular weight is 301 g/mol. The lowest BCUT2D eigenvalue weighted by molar-refractivity contribution is -0.175. The molecule has 0 fully saturated rings. The zero-order valence-corrected chi connectivity index (χ0v) is 10.6. The van der Waals surface area contributed by atoms with Crippen LogP contribution in [0.25, 0.3) is 0 Å². The fraction of sp³-hybridized carbons (Fsp3) is 0.364. The van der Waals surface area contributed by atoms with E-state index >= 15 is 0 Å². The molecule has 1 aromatic carbocycles. The number of alkyl halides is 3. The number of halogens is 5. The maximum absolute atomic E-state index is 11.8. The quantitative estimate of drug-likeness (QED) is 0.829. The molecule has 0 N–H and O–H groups in total. The number of hydrogen-bond acceptors (Lipinski definition) is 2. The molecular formula is C11H9Cl2F3O2. The number of hydrogen-bond donors (Lipinski definition) is 0. The summed E-state index contributed by atoms with van der Waals surface area (Å²) in [6.45, 7) is -2.01. The molecule has 0 amide bonds. The Bertz CT molecular complexity index is 433. The summed E-state index contributed by atoms with van der Waals surface area (Å²) in [6.07, 6.45) is -4.47. The molecule has 0 saturated heterocycles. The standard InChI is InChI=1S/C11H9Cl2F3O2/c12-9-2-1-7(4-10(9)13)3-8(17)5-18-6-11(14,15)16/h1-2,4H,3,5-6H2. The van der Waals surface area contributed by atoms with Crippen LogP contribution in [0.2, 0.25) is 10.0 Å². The van der Waals surface area contributed by atoms with Crippen molar-refractivity contribution in [3.8, 4) is 0 Å². The summed E-state index contributed by atoms with van der Waals surface area (Å²) in [5.41, 5.74) is 0.574. The lowest BCUT2D eigenvalue weighted by atomic mass is 10.1. The van der Waals surface area contributed by atoms with E-state index in [0.29, 0.717) is 10.6 Å². The van der Waals surface area contributed by atoms with E-state index in [0.717, 1.165) is 0 Å². The molecule has 0 aliphatic carbocycles. The van der Waals surface area contributed by atoms with Gasteiger partial charge in [0.2, 0.25) is 0 Å². The van der Waals surface area contributed by atoms with Crippen molar-refractivity contribution in [2.75, 3.05) is 13.2 Å². The molecule has 0 spiro atoms. The van der Waals surface area contributed by atoms with Crippen molar-refractivity contribution < 1.29 is 22.7 Å². The smallest absolute Gasteiger partial charge is 0.364 e. The van der Waals surface area contributed by atoms with Gasteiger partial charge in [-0.15, -0.1) is 0 Å². The van der Waals surface area contributed by atoms with Crippen molar-refractivity contribution in [1.29, 1.82) is 0 Å². The first kappa shape index (κ1) is 15.3. The van der Waals surface area contributed by atoms with Gasteiger partial charge in [-0.2, -0.15) is 13.2 Å². The van der Waals surface area contributed by atoms with Crippen LogP contribution in [0, 0.1) is 0 Å². The fourth-order valence-corrected chi connectivity index (χ4v) is 1.53. The van der Waals surface area contributed by atoms with Gasteiger partial charge in [0.15, 0.2) is 5.78 Å². The predicted molar refractivity (Wildman–Crippen MR) is 62.0 cm³/mol. The normalized spacial score (nSPS) is 11.6. The van der Waals surface area contributed by atoms with Gasteiger partial charge in [0.05, 0.1) is 10.0 Å². The van der Waals surface area contributed by atoms with E-state index < -0.39 is 25.2 Å². The Morgan fingerprint density at radius 3 is 2.44 bits per heavy atom. The summed E-state index contributed by atoms with van der Waals surface area (Å²) in [4.78, 5) is 11.3. The number of carbonyl (C=O) groups excluding carboxylic acids is 1. The number of Topliss-reactive ketones (excluding diaryl/α,β-unsaturated/α-hetero) is 1. The van der Waals surface area contributed by atoms with E-state index in [9.17, 15) is 18.0 Å². The predicted octanol–water partition coefficient (Wildman–Crippen LogP) is 3.68. The number of carbonyl (C=O) groups is 1. The zero-order chi connectivity index (χ0) is 13.8. The van der Waals surface area contributed by atoms with Crippen molar-refractivity contribution in [3.63, 3.8) is 0 Å². The summed E-state index contributed by atoms with van der Waals surface area (Å²) >= 11 is 11.4. The van der Waals surface area contributed by atoms with Crippen LogP contribution >= 0.6 is 23.2 Å². The third-order valence-electron chi connectivity index (χ3n) is 1.91. The van der Waals surface area contributed by atoms with Gasteiger partial charge in [-0.25, -0.2) is 0 Å². The van der Waals surface area contributed by atoms with E-state index in [1.807, 2.05) is 0 Å². The van der Waals surface area contributed by atoms with Crippen LogP contribution in [0.3, 0.4) is 0 Å². The second kappa shape index (κ2) is 6.41. The van der Waals surface area contributed by atoms with Crippen molar-refractivity contribution in [1.82, 2.24) is 0 Å². The zero-order valence-electron chi connectivity index (χ0n) is 9.06. The van der Waals surface area contributed by atoms with Crippen LogP contribution in [-0.2, 0) is 16.0 Å². The summed E-state index contributed by atoms with van der Waals surface area (Å²) < 4.78 is 39.5. The highest BCUT2D eigenvalue weighted by Crippen LogP contribution is 2.22. The van der Waals surface area contributed by atoms with Crippen LogP contribution < -0.4 is 0 Å². The molecule has 0 heterocycles. The van der Waals surface area contributed by atoms with Gasteiger partial charge < -0.3 is 4.74 Å². The van der Waals surface area contributed by atoms with Gasteiger partial charge >= 0.3 is 6.18 Å². The first-order valence-electron chi connectivity index (χ1n) is 4.88. The second-order valence-corrected chi connectivity index (χ2v) is 4.39. The highest BCUT2D eigenvalue weighted by atomic mass is 35.5.